The summed E-state index contributed by atoms with van der Waals surface area (Å²) >= 11 is 0. The fourth-order valence-electron chi connectivity index (χ4n) is 2.94. The summed E-state index contributed by atoms with van der Waals surface area (Å²) in [7, 11) is 0. The van der Waals surface area contributed by atoms with Crippen molar-refractivity contribution in [2.45, 2.75) is 13.5 Å². The maximum atomic E-state index is 12.9. The van der Waals surface area contributed by atoms with Crippen LogP contribution in [0.5, 0.6) is 0 Å². The van der Waals surface area contributed by atoms with Crippen molar-refractivity contribution in [2.75, 3.05) is 11.5 Å². The van der Waals surface area contributed by atoms with Crippen LogP contribution in [0.1, 0.15) is 31.8 Å². The van der Waals surface area contributed by atoms with E-state index in [1.807, 2.05) is 61.5 Å². The molecule has 2 amide bonds. The highest BCUT2D eigenvalue weighted by Gasteiger charge is 2.19. The van der Waals surface area contributed by atoms with Crippen LogP contribution in [-0.2, 0) is 16.1 Å². The number of benzene rings is 3. The summed E-state index contributed by atoms with van der Waals surface area (Å²) in [4.78, 5) is 37.9. The van der Waals surface area contributed by atoms with Gasteiger partial charge in [0.25, 0.3) is 5.91 Å². The predicted molar refractivity (Wildman–Crippen MR) is 114 cm³/mol. The molecular formula is C24H22N2O4. The van der Waals surface area contributed by atoms with Gasteiger partial charge in [0.2, 0.25) is 5.91 Å². The number of ether oxygens (including phenoxy) is 1. The van der Waals surface area contributed by atoms with Gasteiger partial charge in [0.1, 0.15) is 0 Å². The van der Waals surface area contributed by atoms with Crippen molar-refractivity contribution in [3.63, 3.8) is 0 Å². The number of carbonyl (C=O) groups is 3. The van der Waals surface area contributed by atoms with Crippen LogP contribution < -0.4 is 10.6 Å². The van der Waals surface area contributed by atoms with Gasteiger partial charge in [-0.05, 0) is 54.4 Å². The summed E-state index contributed by atoms with van der Waals surface area (Å²) in [5.74, 6) is -1.57. The number of primary amides is 1. The van der Waals surface area contributed by atoms with Gasteiger partial charge in [-0.1, -0.05) is 42.5 Å². The maximum absolute atomic E-state index is 12.9. The lowest BCUT2D eigenvalue weighted by Gasteiger charge is -2.23. The Bertz CT molecular complexity index is 1050. The first-order valence-corrected chi connectivity index (χ1v) is 9.42. The summed E-state index contributed by atoms with van der Waals surface area (Å²) in [5.41, 5.74) is 8.42. The molecule has 0 unspecified atom stereocenters. The number of hydrogen-bond acceptors (Lipinski definition) is 4. The highest BCUT2D eigenvalue weighted by molar-refractivity contribution is 5.98. The van der Waals surface area contributed by atoms with Crippen LogP contribution in [0, 0.1) is 6.92 Å². The van der Waals surface area contributed by atoms with Crippen LogP contribution in [0.15, 0.2) is 78.9 Å². The molecule has 0 spiro atoms. The van der Waals surface area contributed by atoms with Gasteiger partial charge >= 0.3 is 5.97 Å². The molecule has 6 heteroatoms. The average molecular weight is 402 g/mol. The summed E-state index contributed by atoms with van der Waals surface area (Å²) in [5, 5.41) is 0. The van der Waals surface area contributed by atoms with Crippen molar-refractivity contribution in [3.05, 3.63) is 101 Å². The standard InChI is InChI=1S/C24H22N2O4/c1-17-6-5-9-21(14-17)26(15-18-7-3-2-4-8-18)22(27)16-30-24(29)20-12-10-19(11-13-20)23(25)28/h2-14H,15-16H2,1H3,(H2,25,28). The number of carbonyl (C=O) groups excluding carboxylic acids is 3. The molecule has 30 heavy (non-hydrogen) atoms. The van der Waals surface area contributed by atoms with Gasteiger partial charge in [0.15, 0.2) is 6.61 Å². The Balaban J connectivity index is 1.72. The molecule has 2 N–H and O–H groups in total. The Labute approximate surface area is 174 Å². The van der Waals surface area contributed by atoms with Crippen LogP contribution in [-0.4, -0.2) is 24.4 Å². The smallest absolute Gasteiger partial charge is 0.338 e. The van der Waals surface area contributed by atoms with Crippen molar-refractivity contribution in [3.8, 4) is 0 Å². The Hall–Kier alpha value is -3.93. The second kappa shape index (κ2) is 9.52. The Kier molecular flexibility index (Phi) is 6.60. The normalized spacial score (nSPS) is 10.3. The highest BCUT2D eigenvalue weighted by Crippen LogP contribution is 2.19. The van der Waals surface area contributed by atoms with E-state index in [1.165, 1.54) is 24.3 Å². The van der Waals surface area contributed by atoms with Crippen LogP contribution in [0.25, 0.3) is 0 Å². The van der Waals surface area contributed by atoms with Crippen molar-refractivity contribution < 1.29 is 19.1 Å². The van der Waals surface area contributed by atoms with Crippen molar-refractivity contribution in [1.29, 1.82) is 0 Å². The molecule has 0 fully saturated rings. The number of nitrogens with zero attached hydrogens (tertiary/aromatic N) is 1. The first-order chi connectivity index (χ1) is 14.4. The maximum Gasteiger partial charge on any atom is 0.338 e. The predicted octanol–water partition coefficient (Wildman–Crippen LogP) is 3.48. The third kappa shape index (κ3) is 5.32. The molecular weight excluding hydrogens is 380 g/mol. The molecule has 152 valence electrons. The molecule has 0 saturated heterocycles. The van der Waals surface area contributed by atoms with Gasteiger partial charge in [0.05, 0.1) is 12.1 Å². The summed E-state index contributed by atoms with van der Waals surface area (Å²) < 4.78 is 5.21. The van der Waals surface area contributed by atoms with E-state index in [0.29, 0.717) is 6.54 Å². The van der Waals surface area contributed by atoms with Gasteiger partial charge in [-0.25, -0.2) is 4.79 Å². The van der Waals surface area contributed by atoms with Crippen LogP contribution in [0.3, 0.4) is 0 Å². The first kappa shape index (κ1) is 20.8. The number of hydrogen-bond donors (Lipinski definition) is 1. The molecule has 6 nitrogen and oxygen atoms in total. The number of nitrogens with two attached hydrogens (primary N) is 1. The summed E-state index contributed by atoms with van der Waals surface area (Å²) in [6.45, 7) is 1.90. The number of amides is 2. The fourth-order valence-corrected chi connectivity index (χ4v) is 2.94. The lowest BCUT2D eigenvalue weighted by Crippen LogP contribution is -2.34. The molecule has 0 radical (unpaired) electrons. The minimum Gasteiger partial charge on any atom is -0.452 e. The monoisotopic (exact) mass is 402 g/mol. The lowest BCUT2D eigenvalue weighted by atomic mass is 10.1. The minimum atomic E-state index is -0.650. The summed E-state index contributed by atoms with van der Waals surface area (Å²) in [6.07, 6.45) is 0. The largest absolute Gasteiger partial charge is 0.452 e. The minimum absolute atomic E-state index is 0.234. The van der Waals surface area contributed by atoms with Crippen molar-refractivity contribution >= 4 is 23.5 Å². The molecule has 3 aromatic rings. The van der Waals surface area contributed by atoms with Crippen LogP contribution in [0.4, 0.5) is 5.69 Å². The fraction of sp³-hybridized carbons (Fsp3) is 0.125. The molecule has 0 aromatic heterocycles. The second-order valence-corrected chi connectivity index (χ2v) is 6.82. The Morgan fingerprint density at radius 2 is 1.53 bits per heavy atom. The highest BCUT2D eigenvalue weighted by atomic mass is 16.5. The Morgan fingerprint density at radius 3 is 2.17 bits per heavy atom. The van der Waals surface area contributed by atoms with E-state index in [0.717, 1.165) is 16.8 Å². The number of aryl methyl sites for hydroxylation is 1. The molecule has 0 saturated carbocycles. The number of esters is 1. The zero-order chi connectivity index (χ0) is 21.5. The SMILES string of the molecule is Cc1cccc(N(Cc2ccccc2)C(=O)COC(=O)c2ccc(C(N)=O)cc2)c1. The quantitative estimate of drug-likeness (QED) is 0.613. The molecule has 0 aliphatic rings. The van der Waals surface area contributed by atoms with Gasteiger partial charge in [-0.2, -0.15) is 0 Å². The zero-order valence-corrected chi connectivity index (χ0v) is 16.6. The van der Waals surface area contributed by atoms with Gasteiger partial charge < -0.3 is 15.4 Å². The van der Waals surface area contributed by atoms with Crippen LogP contribution >= 0.6 is 0 Å². The third-order valence-corrected chi connectivity index (χ3v) is 4.53. The topological polar surface area (TPSA) is 89.7 Å². The molecule has 3 rings (SSSR count). The van der Waals surface area contributed by atoms with Gasteiger partial charge in [-0.15, -0.1) is 0 Å². The van der Waals surface area contributed by atoms with Crippen molar-refractivity contribution in [1.82, 2.24) is 0 Å². The van der Waals surface area contributed by atoms with E-state index in [-0.39, 0.29) is 17.0 Å². The van der Waals surface area contributed by atoms with E-state index in [9.17, 15) is 14.4 Å². The van der Waals surface area contributed by atoms with Crippen LogP contribution in [0.2, 0.25) is 0 Å². The third-order valence-electron chi connectivity index (χ3n) is 4.53. The Morgan fingerprint density at radius 1 is 0.867 bits per heavy atom. The second-order valence-electron chi connectivity index (χ2n) is 6.82. The van der Waals surface area contributed by atoms with Gasteiger partial charge in [0, 0.05) is 11.3 Å². The molecule has 0 heterocycles. The molecule has 3 aromatic carbocycles. The van der Waals surface area contributed by atoms with Gasteiger partial charge in [-0.3, -0.25) is 9.59 Å². The van der Waals surface area contributed by atoms with E-state index in [4.69, 9.17) is 10.5 Å². The summed E-state index contributed by atoms with van der Waals surface area (Å²) in [6, 6.07) is 22.9. The zero-order valence-electron chi connectivity index (χ0n) is 16.6. The number of anilines is 1. The van der Waals surface area contributed by atoms with E-state index < -0.39 is 18.5 Å². The first-order valence-electron chi connectivity index (χ1n) is 9.42. The molecule has 0 aliphatic heterocycles. The molecule has 0 aliphatic carbocycles. The average Bonchev–Trinajstić information content (AvgIpc) is 2.76. The number of rotatable bonds is 7. The molecule has 0 bridgehead atoms. The lowest BCUT2D eigenvalue weighted by molar-refractivity contribution is -0.121. The van der Waals surface area contributed by atoms with E-state index in [2.05, 4.69) is 0 Å². The van der Waals surface area contributed by atoms with E-state index >= 15 is 0 Å². The van der Waals surface area contributed by atoms with Crippen molar-refractivity contribution in [2.24, 2.45) is 5.73 Å². The molecule has 0 atom stereocenters. The van der Waals surface area contributed by atoms with E-state index in [1.54, 1.807) is 4.90 Å².